The number of nitrogens with one attached hydrogen (secondary N) is 1. The van der Waals surface area contributed by atoms with Crippen LogP contribution in [0.3, 0.4) is 0 Å². The standard InChI is InChI=1S/C17H17ClFN3O3/c1-10-15(17(24)20-8-14(23)25-9-11-2-3-11)16(18)22(21-10)13-6-4-12(19)5-7-13/h4-7,11H,2-3,8-9H2,1H3,(H,20,24). The second-order valence-corrected chi connectivity index (χ2v) is 6.31. The van der Waals surface area contributed by atoms with Crippen molar-refractivity contribution in [1.29, 1.82) is 0 Å². The number of ether oxygens (including phenoxy) is 1. The minimum absolute atomic E-state index is 0.0907. The maximum Gasteiger partial charge on any atom is 0.325 e. The smallest absolute Gasteiger partial charge is 0.325 e. The minimum Gasteiger partial charge on any atom is -0.464 e. The largest absolute Gasteiger partial charge is 0.464 e. The minimum atomic E-state index is -0.515. The van der Waals surface area contributed by atoms with Crippen LogP contribution in [0, 0.1) is 18.7 Å². The number of nitrogens with zero attached hydrogens (tertiary/aromatic N) is 2. The molecule has 25 heavy (non-hydrogen) atoms. The van der Waals surface area contributed by atoms with Crippen LogP contribution in [-0.4, -0.2) is 34.8 Å². The zero-order valence-electron chi connectivity index (χ0n) is 13.6. The van der Waals surface area contributed by atoms with Gasteiger partial charge in [0.05, 0.1) is 23.6 Å². The lowest BCUT2D eigenvalue weighted by atomic mass is 10.2. The summed E-state index contributed by atoms with van der Waals surface area (Å²) in [6, 6.07) is 5.56. The van der Waals surface area contributed by atoms with Crippen molar-refractivity contribution in [3.8, 4) is 5.69 Å². The summed E-state index contributed by atoms with van der Waals surface area (Å²) in [6.07, 6.45) is 2.16. The number of amides is 1. The number of aromatic nitrogens is 2. The summed E-state index contributed by atoms with van der Waals surface area (Å²) in [5.74, 6) is -0.920. The normalized spacial score (nSPS) is 13.6. The predicted octanol–water partition coefficient (Wildman–Crippen LogP) is 2.66. The summed E-state index contributed by atoms with van der Waals surface area (Å²) in [7, 11) is 0. The van der Waals surface area contributed by atoms with Crippen LogP contribution < -0.4 is 5.32 Å². The highest BCUT2D eigenvalue weighted by Crippen LogP contribution is 2.28. The van der Waals surface area contributed by atoms with Crippen LogP contribution in [0.4, 0.5) is 4.39 Å². The summed E-state index contributed by atoms with van der Waals surface area (Å²) in [5, 5.41) is 6.79. The van der Waals surface area contributed by atoms with E-state index in [0.717, 1.165) is 12.8 Å². The first-order valence-corrected chi connectivity index (χ1v) is 8.28. The van der Waals surface area contributed by atoms with E-state index in [1.807, 2.05) is 0 Å². The molecule has 1 fully saturated rings. The molecule has 0 unspecified atom stereocenters. The summed E-state index contributed by atoms with van der Waals surface area (Å²) < 4.78 is 19.4. The van der Waals surface area contributed by atoms with E-state index in [0.29, 0.717) is 23.9 Å². The maximum atomic E-state index is 13.0. The first-order valence-electron chi connectivity index (χ1n) is 7.90. The molecule has 0 aliphatic heterocycles. The molecule has 0 bridgehead atoms. The van der Waals surface area contributed by atoms with Crippen molar-refractivity contribution in [2.24, 2.45) is 5.92 Å². The lowest BCUT2D eigenvalue weighted by Crippen LogP contribution is -2.31. The van der Waals surface area contributed by atoms with Gasteiger partial charge in [-0.15, -0.1) is 0 Å². The van der Waals surface area contributed by atoms with Crippen LogP contribution in [0.15, 0.2) is 24.3 Å². The lowest BCUT2D eigenvalue weighted by molar-refractivity contribution is -0.142. The van der Waals surface area contributed by atoms with Gasteiger partial charge in [0.25, 0.3) is 5.91 Å². The Morgan fingerprint density at radius 1 is 1.36 bits per heavy atom. The quantitative estimate of drug-likeness (QED) is 0.799. The van der Waals surface area contributed by atoms with E-state index in [9.17, 15) is 14.0 Å². The Balaban J connectivity index is 1.67. The van der Waals surface area contributed by atoms with Crippen molar-refractivity contribution in [2.45, 2.75) is 19.8 Å². The highest BCUT2D eigenvalue weighted by molar-refractivity contribution is 6.33. The fourth-order valence-corrected chi connectivity index (χ4v) is 2.66. The third kappa shape index (κ3) is 4.17. The molecule has 1 heterocycles. The van der Waals surface area contributed by atoms with Crippen molar-refractivity contribution < 1.29 is 18.7 Å². The number of carbonyl (C=O) groups excluding carboxylic acids is 2. The van der Waals surface area contributed by atoms with E-state index in [1.54, 1.807) is 6.92 Å². The number of hydrogen-bond acceptors (Lipinski definition) is 4. The molecular weight excluding hydrogens is 349 g/mol. The third-order valence-electron chi connectivity index (χ3n) is 3.87. The van der Waals surface area contributed by atoms with Crippen molar-refractivity contribution in [3.05, 3.63) is 46.5 Å². The van der Waals surface area contributed by atoms with Crippen LogP contribution >= 0.6 is 11.6 Å². The molecule has 1 aliphatic rings. The topological polar surface area (TPSA) is 73.2 Å². The molecule has 1 amide bonds. The number of carbonyl (C=O) groups is 2. The molecule has 0 spiro atoms. The fourth-order valence-electron chi connectivity index (χ4n) is 2.30. The number of hydrogen-bond donors (Lipinski definition) is 1. The Bertz CT molecular complexity index is 800. The number of benzene rings is 1. The van der Waals surface area contributed by atoms with Gasteiger partial charge >= 0.3 is 5.97 Å². The number of rotatable bonds is 6. The maximum absolute atomic E-state index is 13.0. The van der Waals surface area contributed by atoms with Gasteiger partial charge in [-0.25, -0.2) is 9.07 Å². The summed E-state index contributed by atoms with van der Waals surface area (Å²) >= 11 is 6.25. The fraction of sp³-hybridized carbons (Fsp3) is 0.353. The van der Waals surface area contributed by atoms with Gasteiger partial charge in [0.15, 0.2) is 0 Å². The first kappa shape index (κ1) is 17.4. The van der Waals surface area contributed by atoms with Gasteiger partial charge in [-0.05, 0) is 49.9 Å². The van der Waals surface area contributed by atoms with E-state index in [-0.39, 0.29) is 23.1 Å². The third-order valence-corrected chi connectivity index (χ3v) is 4.22. The molecule has 0 radical (unpaired) electrons. The summed E-state index contributed by atoms with van der Waals surface area (Å²) in [4.78, 5) is 23.9. The van der Waals surface area contributed by atoms with E-state index < -0.39 is 11.9 Å². The molecular formula is C17H17ClFN3O3. The Hall–Kier alpha value is -2.41. The Labute approximate surface area is 148 Å². The SMILES string of the molecule is Cc1nn(-c2ccc(F)cc2)c(Cl)c1C(=O)NCC(=O)OCC1CC1. The van der Waals surface area contributed by atoms with E-state index in [2.05, 4.69) is 10.4 Å². The van der Waals surface area contributed by atoms with Gasteiger partial charge in [-0.1, -0.05) is 11.6 Å². The Morgan fingerprint density at radius 3 is 2.68 bits per heavy atom. The molecule has 2 aromatic rings. The molecule has 1 aromatic carbocycles. The van der Waals surface area contributed by atoms with Gasteiger partial charge in [0, 0.05) is 0 Å². The Morgan fingerprint density at radius 2 is 2.04 bits per heavy atom. The Kier molecular flexibility index (Phi) is 5.03. The molecule has 1 saturated carbocycles. The predicted molar refractivity (Wildman–Crippen MR) is 89.3 cm³/mol. The lowest BCUT2D eigenvalue weighted by Gasteiger charge is -2.06. The van der Waals surface area contributed by atoms with Crippen LogP contribution in [-0.2, 0) is 9.53 Å². The van der Waals surface area contributed by atoms with E-state index in [1.165, 1.54) is 28.9 Å². The van der Waals surface area contributed by atoms with Crippen LogP contribution in [0.25, 0.3) is 5.69 Å². The number of esters is 1. The van der Waals surface area contributed by atoms with Gasteiger partial charge in [-0.3, -0.25) is 9.59 Å². The van der Waals surface area contributed by atoms with E-state index in [4.69, 9.17) is 16.3 Å². The van der Waals surface area contributed by atoms with Crippen LogP contribution in [0.5, 0.6) is 0 Å². The molecule has 3 rings (SSSR count). The number of halogens is 2. The molecule has 132 valence electrons. The van der Waals surface area contributed by atoms with Crippen molar-refractivity contribution in [2.75, 3.05) is 13.2 Å². The number of aryl methyl sites for hydroxylation is 1. The van der Waals surface area contributed by atoms with Crippen molar-refractivity contribution in [3.63, 3.8) is 0 Å². The summed E-state index contributed by atoms with van der Waals surface area (Å²) in [6.45, 7) is 1.80. The summed E-state index contributed by atoms with van der Waals surface area (Å²) in [5.41, 5.74) is 1.09. The zero-order valence-corrected chi connectivity index (χ0v) is 14.3. The molecule has 0 saturated heterocycles. The monoisotopic (exact) mass is 365 g/mol. The average molecular weight is 366 g/mol. The molecule has 1 N–H and O–H groups in total. The molecule has 1 aromatic heterocycles. The van der Waals surface area contributed by atoms with Crippen LogP contribution in [0.1, 0.15) is 28.9 Å². The molecule has 8 heteroatoms. The van der Waals surface area contributed by atoms with Gasteiger partial charge < -0.3 is 10.1 Å². The average Bonchev–Trinajstić information content (AvgIpc) is 3.36. The molecule has 1 aliphatic carbocycles. The molecule has 0 atom stereocenters. The molecule has 6 nitrogen and oxygen atoms in total. The second kappa shape index (κ2) is 7.23. The van der Waals surface area contributed by atoms with Gasteiger partial charge in [0.1, 0.15) is 17.5 Å². The first-order chi connectivity index (χ1) is 12.0. The van der Waals surface area contributed by atoms with Gasteiger partial charge in [0.2, 0.25) is 0 Å². The van der Waals surface area contributed by atoms with Crippen LogP contribution in [0.2, 0.25) is 5.15 Å². The van der Waals surface area contributed by atoms with E-state index >= 15 is 0 Å². The zero-order chi connectivity index (χ0) is 18.0. The van der Waals surface area contributed by atoms with Gasteiger partial charge in [-0.2, -0.15) is 5.10 Å². The highest BCUT2D eigenvalue weighted by Gasteiger charge is 2.24. The van der Waals surface area contributed by atoms with Crippen molar-refractivity contribution >= 4 is 23.5 Å². The highest BCUT2D eigenvalue weighted by atomic mass is 35.5. The van der Waals surface area contributed by atoms with Crippen molar-refractivity contribution in [1.82, 2.24) is 15.1 Å². The second-order valence-electron chi connectivity index (χ2n) is 5.95.